The van der Waals surface area contributed by atoms with Crippen LogP contribution in [0.1, 0.15) is 12.7 Å². The van der Waals surface area contributed by atoms with Gasteiger partial charge in [-0.3, -0.25) is 14.5 Å². The van der Waals surface area contributed by atoms with Crippen LogP contribution >= 0.6 is 23.3 Å². The van der Waals surface area contributed by atoms with Gasteiger partial charge in [0.15, 0.2) is 5.13 Å². The standard InChI is InChI=1S/C24H31FN10O10S2/c1-11(45-24(41)42-8-13(37)7-36)44-21(40)16-12(6-28-34-5-4-27-23(34)33(2)3)9-46-20-15(19(39)35(16)20)29-18(38)14(31-43-10-25)17-30-22(26)47-32-17/h6,11,13,15,20,36-37H,4-5,7-10H2,1-3H3,(H,29,38)(H2,26,30,32)/b28-6+,31-14-. The molecule has 3 aliphatic heterocycles. The Morgan fingerprint density at radius 3 is 2.74 bits per heavy atom. The number of aliphatic hydroxyl groups is 2. The Balaban J connectivity index is 1.54. The third-order valence-corrected chi connectivity index (χ3v) is 8.08. The van der Waals surface area contributed by atoms with Crippen molar-refractivity contribution in [2.75, 3.05) is 58.7 Å². The molecule has 0 saturated carbocycles. The second kappa shape index (κ2) is 15.8. The van der Waals surface area contributed by atoms with Crippen molar-refractivity contribution >= 4 is 70.3 Å². The number of nitrogens with one attached hydrogen (secondary N) is 1. The summed E-state index contributed by atoms with van der Waals surface area (Å²) in [6.45, 7) is -0.395. The van der Waals surface area contributed by atoms with Gasteiger partial charge in [0.1, 0.15) is 29.8 Å². The number of nitrogens with zero attached hydrogens (tertiary/aromatic N) is 8. The molecule has 1 fully saturated rings. The van der Waals surface area contributed by atoms with Crippen molar-refractivity contribution < 1.29 is 52.8 Å². The van der Waals surface area contributed by atoms with Gasteiger partial charge >= 0.3 is 12.1 Å². The Kier molecular flexibility index (Phi) is 11.8. The Hall–Kier alpha value is -4.61. The molecule has 47 heavy (non-hydrogen) atoms. The summed E-state index contributed by atoms with van der Waals surface area (Å²) in [5.41, 5.74) is 5.11. The SMILES string of the molecule is CC(OC(=O)OCC(O)CO)OC(=O)C1=C(/C=N/N2CCN=C2N(C)C)CSC2C(NC(=O)/C(=N\OCF)c3nsc(N)n3)C(=O)N12. The largest absolute Gasteiger partial charge is 0.511 e. The molecule has 1 aromatic rings. The lowest BCUT2D eigenvalue weighted by Crippen LogP contribution is -2.71. The van der Waals surface area contributed by atoms with E-state index in [2.05, 4.69) is 39.5 Å². The molecule has 5 N–H and O–H groups in total. The lowest BCUT2D eigenvalue weighted by molar-refractivity contribution is -0.169. The summed E-state index contributed by atoms with van der Waals surface area (Å²) in [6.07, 6.45) is -2.75. The number of guanidine groups is 1. The number of aliphatic imine (C=N–C) groups is 1. The molecule has 3 aliphatic rings. The van der Waals surface area contributed by atoms with Crippen LogP contribution in [0.2, 0.25) is 0 Å². The number of carbonyl (C=O) groups is 4. The second-order valence-electron chi connectivity index (χ2n) is 9.80. The molecule has 20 nitrogen and oxygen atoms in total. The van der Waals surface area contributed by atoms with Crippen LogP contribution in [0.25, 0.3) is 0 Å². The van der Waals surface area contributed by atoms with Crippen LogP contribution in [0.5, 0.6) is 0 Å². The number of oxime groups is 1. The number of nitrogens with two attached hydrogens (primary N) is 1. The third-order valence-electron chi connectivity index (χ3n) is 6.24. The highest BCUT2D eigenvalue weighted by Crippen LogP contribution is 2.40. The number of hydrazone groups is 1. The van der Waals surface area contributed by atoms with Crippen molar-refractivity contribution in [2.45, 2.75) is 30.7 Å². The first-order chi connectivity index (χ1) is 22.4. The monoisotopic (exact) mass is 702 g/mol. The van der Waals surface area contributed by atoms with E-state index in [1.165, 1.54) is 24.9 Å². The minimum atomic E-state index is -1.51. The molecule has 0 radical (unpaired) electrons. The van der Waals surface area contributed by atoms with Crippen LogP contribution in [0.4, 0.5) is 14.3 Å². The number of hydrogen-bond donors (Lipinski definition) is 4. The zero-order valence-corrected chi connectivity index (χ0v) is 26.8. The summed E-state index contributed by atoms with van der Waals surface area (Å²) in [5, 5.41) is 29.3. The van der Waals surface area contributed by atoms with Crippen molar-refractivity contribution in [3.8, 4) is 0 Å². The van der Waals surface area contributed by atoms with Crippen LogP contribution in [-0.2, 0) is 33.4 Å². The number of amides is 2. The van der Waals surface area contributed by atoms with Gasteiger partial charge in [-0.1, -0.05) is 5.16 Å². The molecule has 4 heterocycles. The normalized spacial score (nSPS) is 20.7. The molecular formula is C24H31FN10O10S2. The number of rotatable bonds is 13. The van der Waals surface area contributed by atoms with E-state index in [9.17, 15) is 28.7 Å². The zero-order chi connectivity index (χ0) is 34.2. The number of halogens is 1. The highest BCUT2D eigenvalue weighted by molar-refractivity contribution is 8.00. The van der Waals surface area contributed by atoms with Crippen LogP contribution < -0.4 is 11.1 Å². The first kappa shape index (κ1) is 35.2. The van der Waals surface area contributed by atoms with Gasteiger partial charge in [-0.05, 0) is 0 Å². The Morgan fingerprint density at radius 1 is 1.32 bits per heavy atom. The fraction of sp³-hybridized carbons (Fsp3) is 0.542. The molecule has 256 valence electrons. The molecule has 4 rings (SSSR count). The second-order valence-corrected chi connectivity index (χ2v) is 11.7. The summed E-state index contributed by atoms with van der Waals surface area (Å²) in [5.74, 6) is -2.29. The number of β-lactam (4-membered cyclic amide) rings is 1. The molecule has 0 bridgehead atoms. The Labute approximate surface area is 274 Å². The van der Waals surface area contributed by atoms with E-state index in [0.29, 0.717) is 19.0 Å². The number of fused-ring (bicyclic) bond motifs is 1. The van der Waals surface area contributed by atoms with Crippen LogP contribution in [0.15, 0.2) is 26.5 Å². The maximum absolute atomic E-state index is 13.5. The minimum Gasteiger partial charge on any atom is -0.431 e. The van der Waals surface area contributed by atoms with Gasteiger partial charge < -0.3 is 45.2 Å². The van der Waals surface area contributed by atoms with Crippen LogP contribution in [0, 0.1) is 0 Å². The predicted molar refractivity (Wildman–Crippen MR) is 162 cm³/mol. The molecule has 0 aliphatic carbocycles. The Bertz CT molecular complexity index is 1490. The number of carbonyl (C=O) groups excluding carboxylic acids is 4. The van der Waals surface area contributed by atoms with Gasteiger partial charge in [-0.2, -0.15) is 14.5 Å². The number of thioether (sulfide) groups is 1. The van der Waals surface area contributed by atoms with Crippen molar-refractivity contribution in [1.29, 1.82) is 0 Å². The highest BCUT2D eigenvalue weighted by Gasteiger charge is 2.55. The highest BCUT2D eigenvalue weighted by atomic mass is 32.2. The van der Waals surface area contributed by atoms with E-state index < -0.39 is 73.5 Å². The van der Waals surface area contributed by atoms with E-state index in [0.717, 1.165) is 16.4 Å². The Morgan fingerprint density at radius 2 is 2.09 bits per heavy atom. The van der Waals surface area contributed by atoms with E-state index in [1.807, 2.05) is 0 Å². The van der Waals surface area contributed by atoms with Gasteiger partial charge in [0.05, 0.1) is 25.9 Å². The number of alkyl halides is 1. The minimum absolute atomic E-state index is 0.00379. The number of esters is 1. The average molecular weight is 703 g/mol. The number of ether oxygens (including phenoxy) is 3. The molecule has 23 heteroatoms. The third kappa shape index (κ3) is 8.41. The molecule has 0 spiro atoms. The molecule has 1 saturated heterocycles. The zero-order valence-electron chi connectivity index (χ0n) is 25.1. The molecule has 2 amide bonds. The summed E-state index contributed by atoms with van der Waals surface area (Å²) >= 11 is 1.96. The van der Waals surface area contributed by atoms with Crippen molar-refractivity contribution in [3.05, 3.63) is 17.1 Å². The number of hydrogen-bond acceptors (Lipinski definition) is 20. The van der Waals surface area contributed by atoms with E-state index in [1.54, 1.807) is 24.0 Å². The van der Waals surface area contributed by atoms with Gasteiger partial charge in [0.25, 0.3) is 18.7 Å². The number of nitrogen functional groups attached to an aromatic ring is 1. The first-order valence-electron chi connectivity index (χ1n) is 13.7. The average Bonchev–Trinajstić information content (AvgIpc) is 3.70. The summed E-state index contributed by atoms with van der Waals surface area (Å²) in [7, 11) is 3.58. The fourth-order valence-corrected chi connectivity index (χ4v) is 5.94. The van der Waals surface area contributed by atoms with Crippen LogP contribution in [-0.4, -0.2) is 153 Å². The lowest BCUT2D eigenvalue weighted by Gasteiger charge is -2.49. The molecule has 1 aromatic heterocycles. The molecular weight excluding hydrogens is 671 g/mol. The van der Waals surface area contributed by atoms with Crippen molar-refractivity contribution in [2.24, 2.45) is 15.2 Å². The van der Waals surface area contributed by atoms with E-state index >= 15 is 0 Å². The quantitative estimate of drug-likeness (QED) is 0.0572. The molecule has 0 aromatic carbocycles. The van der Waals surface area contributed by atoms with Gasteiger partial charge in [-0.15, -0.1) is 11.8 Å². The predicted octanol–water partition coefficient (Wildman–Crippen LogP) is -1.96. The maximum Gasteiger partial charge on any atom is 0.511 e. The van der Waals surface area contributed by atoms with Crippen molar-refractivity contribution in [1.82, 2.24) is 29.5 Å². The maximum atomic E-state index is 13.5. The molecule has 4 atom stereocenters. The van der Waals surface area contributed by atoms with Gasteiger partial charge in [-0.25, -0.2) is 24.0 Å². The topological polar surface area (TPSA) is 256 Å². The first-order valence-corrected chi connectivity index (χ1v) is 15.5. The number of anilines is 1. The van der Waals surface area contributed by atoms with E-state index in [4.69, 9.17) is 20.3 Å². The summed E-state index contributed by atoms with van der Waals surface area (Å²) < 4.78 is 31.4. The lowest BCUT2D eigenvalue weighted by atomic mass is 10.0. The summed E-state index contributed by atoms with van der Waals surface area (Å²) in [4.78, 5) is 67.4. The van der Waals surface area contributed by atoms with Gasteiger partial charge in [0, 0.05) is 43.9 Å². The van der Waals surface area contributed by atoms with Crippen LogP contribution in [0.3, 0.4) is 0 Å². The summed E-state index contributed by atoms with van der Waals surface area (Å²) in [6, 6.07) is -1.17. The van der Waals surface area contributed by atoms with Gasteiger partial charge in [0.2, 0.25) is 23.8 Å². The number of aliphatic hydroxyl groups excluding tert-OH is 2. The van der Waals surface area contributed by atoms with E-state index in [-0.39, 0.29) is 28.0 Å². The fourth-order valence-electron chi connectivity index (χ4n) is 4.21. The van der Waals surface area contributed by atoms with Crippen molar-refractivity contribution in [3.63, 3.8) is 0 Å². The molecule has 4 unspecified atom stereocenters. The smallest absolute Gasteiger partial charge is 0.431 e. The number of aromatic nitrogens is 2.